The van der Waals surface area contributed by atoms with Gasteiger partial charge in [0, 0.05) is 10.9 Å². The Kier molecular flexibility index (Phi) is 5.55. The van der Waals surface area contributed by atoms with E-state index in [2.05, 4.69) is 10.9 Å². The minimum atomic E-state index is -0.673. The van der Waals surface area contributed by atoms with E-state index in [-0.39, 0.29) is 12.2 Å². The van der Waals surface area contributed by atoms with Gasteiger partial charge in [-0.3, -0.25) is 25.2 Å². The molecule has 0 aliphatic carbocycles. The first-order valence-electron chi connectivity index (χ1n) is 8.34. The third-order valence-electron chi connectivity index (χ3n) is 3.89. The van der Waals surface area contributed by atoms with Gasteiger partial charge in [0.05, 0.1) is 18.9 Å². The molecule has 0 fully saturated rings. The lowest BCUT2D eigenvalue weighted by Gasteiger charge is -2.07. The summed E-state index contributed by atoms with van der Waals surface area (Å²) in [5.41, 5.74) is 6.81. The van der Waals surface area contributed by atoms with E-state index in [9.17, 15) is 14.4 Å². The molecule has 0 spiro atoms. The van der Waals surface area contributed by atoms with Gasteiger partial charge in [-0.1, -0.05) is 19.1 Å². The molecule has 1 aromatic carbocycles. The number of esters is 1. The summed E-state index contributed by atoms with van der Waals surface area (Å²) in [5, 5.41) is 0.833. The first kappa shape index (κ1) is 18.2. The summed E-state index contributed by atoms with van der Waals surface area (Å²) >= 11 is 0. The first-order chi connectivity index (χ1) is 13.1. The van der Waals surface area contributed by atoms with E-state index in [1.165, 1.54) is 18.6 Å². The number of hydrogen-bond donors (Lipinski definition) is 2. The highest BCUT2D eigenvalue weighted by Crippen LogP contribution is 2.23. The van der Waals surface area contributed by atoms with Gasteiger partial charge in [0.2, 0.25) is 0 Å². The van der Waals surface area contributed by atoms with Crippen LogP contribution in [-0.2, 0) is 27.2 Å². The fourth-order valence-electron chi connectivity index (χ4n) is 2.47. The van der Waals surface area contributed by atoms with Crippen LogP contribution in [0.1, 0.15) is 28.6 Å². The molecule has 2 N–H and O–H groups in total. The van der Waals surface area contributed by atoms with Crippen LogP contribution in [0.4, 0.5) is 0 Å². The molecule has 27 heavy (non-hydrogen) atoms. The van der Waals surface area contributed by atoms with Crippen LogP contribution in [0.5, 0.6) is 0 Å². The zero-order chi connectivity index (χ0) is 19.2. The molecule has 2 amide bonds. The van der Waals surface area contributed by atoms with Crippen molar-refractivity contribution >= 4 is 28.8 Å². The van der Waals surface area contributed by atoms with E-state index in [0.717, 1.165) is 17.4 Å². The summed E-state index contributed by atoms with van der Waals surface area (Å²) in [6.45, 7) is 1.53. The lowest BCUT2D eigenvalue weighted by Crippen LogP contribution is -2.43. The van der Waals surface area contributed by atoms with Gasteiger partial charge >= 0.3 is 11.9 Å². The van der Waals surface area contributed by atoms with Crippen LogP contribution in [0.25, 0.3) is 11.0 Å². The minimum absolute atomic E-state index is 0.0233. The van der Waals surface area contributed by atoms with E-state index in [0.29, 0.717) is 11.1 Å². The van der Waals surface area contributed by atoms with Crippen molar-refractivity contribution in [3.63, 3.8) is 0 Å². The predicted molar refractivity (Wildman–Crippen MR) is 94.6 cm³/mol. The molecule has 0 atom stereocenters. The lowest BCUT2D eigenvalue weighted by molar-refractivity contribution is -0.148. The number of hydrogen-bond acceptors (Lipinski definition) is 6. The standard InChI is InChI=1S/C19H18N2O6/c1-2-12-5-6-14-13(10-26-16(14)8-12)9-18(23)27-11-17(22)20-21-19(24)15-4-3-7-25-15/h3-8,10H,2,9,11H2,1H3,(H,20,22)(H,21,24). The molecule has 0 aliphatic rings. The van der Waals surface area contributed by atoms with Crippen molar-refractivity contribution in [2.45, 2.75) is 19.8 Å². The summed E-state index contributed by atoms with van der Waals surface area (Å²) in [5.74, 6) is -1.82. The molecule has 0 radical (unpaired) electrons. The molecule has 0 bridgehead atoms. The summed E-state index contributed by atoms with van der Waals surface area (Å²) in [4.78, 5) is 35.2. The Morgan fingerprint density at radius 3 is 2.70 bits per heavy atom. The molecule has 8 heteroatoms. The fraction of sp³-hybridized carbons (Fsp3) is 0.211. The van der Waals surface area contributed by atoms with Crippen molar-refractivity contribution < 1.29 is 28.0 Å². The van der Waals surface area contributed by atoms with Gasteiger partial charge in [0.25, 0.3) is 5.91 Å². The van der Waals surface area contributed by atoms with Gasteiger partial charge in [-0.05, 0) is 30.2 Å². The molecule has 0 saturated carbocycles. The Morgan fingerprint density at radius 2 is 1.96 bits per heavy atom. The SMILES string of the molecule is CCc1ccc2c(CC(=O)OCC(=O)NNC(=O)c3ccco3)coc2c1. The van der Waals surface area contributed by atoms with Crippen molar-refractivity contribution in [2.24, 2.45) is 0 Å². The van der Waals surface area contributed by atoms with Crippen molar-refractivity contribution in [1.82, 2.24) is 10.9 Å². The van der Waals surface area contributed by atoms with E-state index in [4.69, 9.17) is 13.6 Å². The predicted octanol–water partition coefficient (Wildman–Crippen LogP) is 2.14. The van der Waals surface area contributed by atoms with E-state index in [1.807, 2.05) is 25.1 Å². The van der Waals surface area contributed by atoms with Gasteiger partial charge in [-0.2, -0.15) is 0 Å². The number of furan rings is 2. The van der Waals surface area contributed by atoms with Gasteiger partial charge in [-0.15, -0.1) is 0 Å². The van der Waals surface area contributed by atoms with Crippen LogP contribution in [0.3, 0.4) is 0 Å². The molecule has 3 rings (SSSR count). The molecule has 3 aromatic rings. The maximum absolute atomic E-state index is 12.0. The summed E-state index contributed by atoms with van der Waals surface area (Å²) < 4.78 is 15.3. The first-order valence-corrected chi connectivity index (χ1v) is 8.34. The zero-order valence-corrected chi connectivity index (χ0v) is 14.6. The number of ether oxygens (including phenoxy) is 1. The molecule has 2 heterocycles. The topological polar surface area (TPSA) is 111 Å². The molecule has 2 aromatic heterocycles. The van der Waals surface area contributed by atoms with Crippen LogP contribution in [0, 0.1) is 0 Å². The van der Waals surface area contributed by atoms with Gasteiger partial charge in [-0.25, -0.2) is 0 Å². The van der Waals surface area contributed by atoms with Gasteiger partial charge in [0.15, 0.2) is 12.4 Å². The normalized spacial score (nSPS) is 10.6. The molecule has 8 nitrogen and oxygen atoms in total. The number of hydrazine groups is 1. The quantitative estimate of drug-likeness (QED) is 0.508. The smallest absolute Gasteiger partial charge is 0.310 e. The summed E-state index contributed by atoms with van der Waals surface area (Å²) in [6.07, 6.45) is 3.71. The number of carbonyl (C=O) groups excluding carboxylic acids is 3. The number of fused-ring (bicyclic) bond motifs is 1. The summed E-state index contributed by atoms with van der Waals surface area (Å²) in [6, 6.07) is 8.79. The molecule has 140 valence electrons. The monoisotopic (exact) mass is 370 g/mol. The van der Waals surface area contributed by atoms with E-state index >= 15 is 0 Å². The van der Waals surface area contributed by atoms with Crippen molar-refractivity contribution in [3.05, 3.63) is 59.7 Å². The zero-order valence-electron chi connectivity index (χ0n) is 14.6. The fourth-order valence-corrected chi connectivity index (χ4v) is 2.47. The van der Waals surface area contributed by atoms with Crippen molar-refractivity contribution in [2.75, 3.05) is 6.61 Å². The van der Waals surface area contributed by atoms with Crippen LogP contribution in [0.2, 0.25) is 0 Å². The Morgan fingerprint density at radius 1 is 1.11 bits per heavy atom. The number of rotatable bonds is 6. The van der Waals surface area contributed by atoms with Gasteiger partial charge in [0.1, 0.15) is 5.58 Å². The Labute approximate surface area is 154 Å². The third-order valence-corrected chi connectivity index (χ3v) is 3.89. The van der Waals surface area contributed by atoms with Crippen LogP contribution >= 0.6 is 0 Å². The van der Waals surface area contributed by atoms with Crippen LogP contribution in [-0.4, -0.2) is 24.4 Å². The van der Waals surface area contributed by atoms with Crippen LogP contribution in [0.15, 0.2) is 51.7 Å². The maximum atomic E-state index is 12.0. The van der Waals surface area contributed by atoms with E-state index in [1.54, 1.807) is 6.07 Å². The molecular formula is C19H18N2O6. The van der Waals surface area contributed by atoms with Crippen molar-refractivity contribution in [1.29, 1.82) is 0 Å². The average molecular weight is 370 g/mol. The molecule has 0 saturated heterocycles. The number of benzene rings is 1. The van der Waals surface area contributed by atoms with Crippen LogP contribution < -0.4 is 10.9 Å². The Hall–Kier alpha value is -3.55. The second-order valence-electron chi connectivity index (χ2n) is 5.76. The van der Waals surface area contributed by atoms with E-state index < -0.39 is 24.4 Å². The van der Waals surface area contributed by atoms with Gasteiger partial charge < -0.3 is 13.6 Å². The highest BCUT2D eigenvalue weighted by Gasteiger charge is 2.14. The second kappa shape index (κ2) is 8.22. The summed E-state index contributed by atoms with van der Waals surface area (Å²) in [7, 11) is 0. The minimum Gasteiger partial charge on any atom is -0.464 e. The largest absolute Gasteiger partial charge is 0.464 e. The number of carbonyl (C=O) groups is 3. The average Bonchev–Trinajstić information content (AvgIpc) is 3.34. The lowest BCUT2D eigenvalue weighted by atomic mass is 10.1. The van der Waals surface area contributed by atoms with Crippen molar-refractivity contribution in [3.8, 4) is 0 Å². The second-order valence-corrected chi connectivity index (χ2v) is 5.76. The number of aryl methyl sites for hydroxylation is 1. The molecular weight excluding hydrogens is 352 g/mol. The maximum Gasteiger partial charge on any atom is 0.310 e. The highest BCUT2D eigenvalue weighted by molar-refractivity contribution is 5.93. The Balaban J connectivity index is 1.47. The highest BCUT2D eigenvalue weighted by atomic mass is 16.5. The number of amides is 2. The molecule has 0 aliphatic heterocycles. The Bertz CT molecular complexity index is 958. The number of nitrogens with one attached hydrogen (secondary N) is 2. The third kappa shape index (κ3) is 4.55. The molecule has 0 unspecified atom stereocenters.